The lowest BCUT2D eigenvalue weighted by Gasteiger charge is -2.42. The molecular weight excluding hydrogens is 270 g/mol. The lowest BCUT2D eigenvalue weighted by Crippen LogP contribution is -2.37. The highest BCUT2D eigenvalue weighted by Crippen LogP contribution is 2.66. The normalized spacial score (nSPS) is 52.9. The average Bonchev–Trinajstić information content (AvgIpc) is 3.14. The first-order valence-electron chi connectivity index (χ1n) is 9.16. The molecule has 0 aromatic heterocycles. The van der Waals surface area contributed by atoms with Crippen molar-refractivity contribution >= 4 is 5.71 Å². The van der Waals surface area contributed by atoms with Gasteiger partial charge in [0.1, 0.15) is 0 Å². The van der Waals surface area contributed by atoms with Crippen LogP contribution in [0.2, 0.25) is 0 Å². The molecule has 4 rings (SSSR count). The van der Waals surface area contributed by atoms with Crippen LogP contribution < -0.4 is 0 Å². The largest absolute Gasteiger partial charge is 0.411 e. The minimum absolute atomic E-state index is 0.349. The lowest BCUT2D eigenvalue weighted by atomic mass is 9.62. The molecule has 4 aliphatic rings. The summed E-state index contributed by atoms with van der Waals surface area (Å²) < 4.78 is 0. The van der Waals surface area contributed by atoms with E-state index in [1.807, 2.05) is 0 Å². The molecule has 1 N–H and O–H groups in total. The number of oxime groups is 1. The molecule has 0 aromatic carbocycles. The van der Waals surface area contributed by atoms with Gasteiger partial charge in [0.05, 0.1) is 5.71 Å². The zero-order valence-electron chi connectivity index (χ0n) is 15.0. The summed E-state index contributed by atoms with van der Waals surface area (Å²) in [6, 6.07) is 0. The molecule has 0 aliphatic heterocycles. The molecular formula is C20H31NO. The maximum Gasteiger partial charge on any atom is 0.0864 e. The van der Waals surface area contributed by atoms with E-state index < -0.39 is 0 Å². The van der Waals surface area contributed by atoms with Crippen LogP contribution in [-0.4, -0.2) is 10.9 Å². The van der Waals surface area contributed by atoms with Crippen molar-refractivity contribution < 1.29 is 5.21 Å². The Hall–Kier alpha value is -0.790. The number of fused-ring (bicyclic) bond motifs is 4. The summed E-state index contributed by atoms with van der Waals surface area (Å²) in [6.07, 6.45) is 3.82. The van der Waals surface area contributed by atoms with Crippen LogP contribution in [0.25, 0.3) is 0 Å². The van der Waals surface area contributed by atoms with E-state index in [1.165, 1.54) is 24.8 Å². The zero-order chi connectivity index (χ0) is 16.0. The first-order valence-corrected chi connectivity index (χ1v) is 9.16. The molecule has 4 aliphatic carbocycles. The molecule has 0 spiro atoms. The summed E-state index contributed by atoms with van der Waals surface area (Å²) in [6.45, 7) is 14.6. The van der Waals surface area contributed by atoms with Crippen LogP contribution in [0.4, 0.5) is 0 Å². The maximum atomic E-state index is 9.70. The standard InChI is InChI=1S/C20H31NO/c1-10-13-7-12(19(10,3)4)8-15(13)17-16-9-14(18(17)21-22)11(2)20(16,5)6/h10-14,16,22H,7-9H2,1-6H3/b17-15-,21-18+. The lowest BCUT2D eigenvalue weighted by molar-refractivity contribution is 0.160. The van der Waals surface area contributed by atoms with E-state index in [9.17, 15) is 5.21 Å². The third-order valence-corrected chi connectivity index (χ3v) is 8.88. The molecule has 2 nitrogen and oxygen atoms in total. The van der Waals surface area contributed by atoms with Gasteiger partial charge in [0, 0.05) is 5.92 Å². The number of allylic oxidation sites excluding steroid dienone is 2. The van der Waals surface area contributed by atoms with Gasteiger partial charge in [-0.2, -0.15) is 0 Å². The molecule has 6 unspecified atom stereocenters. The smallest absolute Gasteiger partial charge is 0.0864 e. The van der Waals surface area contributed by atoms with Gasteiger partial charge in [-0.05, 0) is 65.3 Å². The number of nitrogens with zero attached hydrogens (tertiary/aromatic N) is 1. The molecule has 0 amide bonds. The van der Waals surface area contributed by atoms with Gasteiger partial charge < -0.3 is 5.21 Å². The predicted octanol–water partition coefficient (Wildman–Crippen LogP) is 5.13. The van der Waals surface area contributed by atoms with Crippen LogP contribution in [0.5, 0.6) is 0 Å². The SMILES string of the molecule is CC1C2CC(C/C2=C2/C(=N/O)C3CC2C(C)(C)C3C)C1(C)C. The summed E-state index contributed by atoms with van der Waals surface area (Å²) in [5.41, 5.74) is 5.06. The third kappa shape index (κ3) is 1.50. The molecule has 6 atom stereocenters. The van der Waals surface area contributed by atoms with Gasteiger partial charge in [-0.15, -0.1) is 0 Å². The van der Waals surface area contributed by atoms with E-state index in [2.05, 4.69) is 46.7 Å². The second-order valence-corrected chi connectivity index (χ2v) is 9.78. The van der Waals surface area contributed by atoms with E-state index in [4.69, 9.17) is 0 Å². The molecule has 4 saturated carbocycles. The molecule has 4 bridgehead atoms. The van der Waals surface area contributed by atoms with Crippen molar-refractivity contribution in [3.8, 4) is 0 Å². The van der Waals surface area contributed by atoms with Gasteiger partial charge in [-0.3, -0.25) is 0 Å². The van der Waals surface area contributed by atoms with Gasteiger partial charge in [0.2, 0.25) is 0 Å². The fourth-order valence-corrected chi connectivity index (χ4v) is 6.55. The second kappa shape index (κ2) is 4.19. The number of rotatable bonds is 0. The molecule has 0 heterocycles. The van der Waals surface area contributed by atoms with Crippen molar-refractivity contribution in [1.82, 2.24) is 0 Å². The zero-order valence-corrected chi connectivity index (χ0v) is 15.0. The van der Waals surface area contributed by atoms with Crippen LogP contribution in [-0.2, 0) is 0 Å². The number of hydrogen-bond donors (Lipinski definition) is 1. The Morgan fingerprint density at radius 1 is 0.955 bits per heavy atom. The summed E-state index contributed by atoms with van der Waals surface area (Å²) in [5, 5.41) is 13.5. The quantitative estimate of drug-likeness (QED) is 0.488. The van der Waals surface area contributed by atoms with Crippen molar-refractivity contribution in [3.63, 3.8) is 0 Å². The van der Waals surface area contributed by atoms with E-state index in [0.717, 1.165) is 23.5 Å². The maximum absolute atomic E-state index is 9.70. The third-order valence-electron chi connectivity index (χ3n) is 8.88. The van der Waals surface area contributed by atoms with Gasteiger partial charge in [-0.1, -0.05) is 52.3 Å². The Balaban J connectivity index is 1.81. The fraction of sp³-hybridized carbons (Fsp3) is 0.850. The minimum Gasteiger partial charge on any atom is -0.411 e. The topological polar surface area (TPSA) is 32.6 Å². The van der Waals surface area contributed by atoms with Crippen molar-refractivity contribution in [2.24, 2.45) is 51.5 Å². The van der Waals surface area contributed by atoms with Gasteiger partial charge in [-0.25, -0.2) is 0 Å². The Bertz CT molecular complexity index is 579. The summed E-state index contributed by atoms with van der Waals surface area (Å²) >= 11 is 0. The van der Waals surface area contributed by atoms with Crippen molar-refractivity contribution in [1.29, 1.82) is 0 Å². The summed E-state index contributed by atoms with van der Waals surface area (Å²) in [4.78, 5) is 0. The highest BCUT2D eigenvalue weighted by molar-refractivity contribution is 6.06. The van der Waals surface area contributed by atoms with E-state index in [-0.39, 0.29) is 0 Å². The highest BCUT2D eigenvalue weighted by Gasteiger charge is 2.60. The van der Waals surface area contributed by atoms with Crippen LogP contribution in [0, 0.1) is 46.3 Å². The Morgan fingerprint density at radius 2 is 1.59 bits per heavy atom. The Labute approximate surface area is 135 Å². The molecule has 0 radical (unpaired) electrons. The Morgan fingerprint density at radius 3 is 2.14 bits per heavy atom. The van der Waals surface area contributed by atoms with Crippen molar-refractivity contribution in [3.05, 3.63) is 11.1 Å². The molecule has 0 saturated heterocycles. The first kappa shape index (κ1) is 14.8. The number of hydrogen-bond acceptors (Lipinski definition) is 2. The molecule has 0 aromatic rings. The summed E-state index contributed by atoms with van der Waals surface area (Å²) in [5.74, 6) is 4.04. The van der Waals surface area contributed by atoms with Crippen LogP contribution in [0.3, 0.4) is 0 Å². The predicted molar refractivity (Wildman–Crippen MR) is 89.9 cm³/mol. The Kier molecular flexibility index (Phi) is 2.81. The van der Waals surface area contributed by atoms with Crippen LogP contribution in [0.1, 0.15) is 60.8 Å². The summed E-state index contributed by atoms with van der Waals surface area (Å²) in [7, 11) is 0. The molecule has 4 fully saturated rings. The minimum atomic E-state index is 0.349. The van der Waals surface area contributed by atoms with E-state index in [1.54, 1.807) is 5.57 Å². The fourth-order valence-electron chi connectivity index (χ4n) is 6.55. The van der Waals surface area contributed by atoms with Crippen LogP contribution in [0.15, 0.2) is 16.3 Å². The second-order valence-electron chi connectivity index (χ2n) is 9.78. The average molecular weight is 301 g/mol. The van der Waals surface area contributed by atoms with Gasteiger partial charge >= 0.3 is 0 Å². The first-order chi connectivity index (χ1) is 10.2. The van der Waals surface area contributed by atoms with Gasteiger partial charge in [0.25, 0.3) is 0 Å². The highest BCUT2D eigenvalue weighted by atomic mass is 16.4. The van der Waals surface area contributed by atoms with E-state index in [0.29, 0.717) is 28.6 Å². The monoisotopic (exact) mass is 301 g/mol. The molecule has 22 heavy (non-hydrogen) atoms. The molecule has 122 valence electrons. The van der Waals surface area contributed by atoms with Crippen molar-refractivity contribution in [2.45, 2.75) is 60.8 Å². The van der Waals surface area contributed by atoms with Crippen LogP contribution >= 0.6 is 0 Å². The van der Waals surface area contributed by atoms with E-state index >= 15 is 0 Å². The van der Waals surface area contributed by atoms with Crippen molar-refractivity contribution in [2.75, 3.05) is 0 Å². The molecule has 2 heteroatoms. The van der Waals surface area contributed by atoms with Gasteiger partial charge in [0.15, 0.2) is 0 Å².